The predicted octanol–water partition coefficient (Wildman–Crippen LogP) is 7.58. The molecule has 0 unspecified atom stereocenters. The van der Waals surface area contributed by atoms with Crippen LogP contribution < -0.4 is 21.5 Å². The average molecular weight is 921 g/mol. The number of benzene rings is 4. The summed E-state index contributed by atoms with van der Waals surface area (Å²) >= 11 is 0. The smallest absolute Gasteiger partial charge is 0.412 e. The van der Waals surface area contributed by atoms with Gasteiger partial charge in [-0.2, -0.15) is 10.2 Å². The fourth-order valence-corrected chi connectivity index (χ4v) is 8.67. The van der Waals surface area contributed by atoms with E-state index in [1.54, 1.807) is 51.4 Å². The second-order valence-electron chi connectivity index (χ2n) is 19.0. The number of ether oxygens (including phenoxy) is 1. The van der Waals surface area contributed by atoms with E-state index >= 15 is 0 Å². The number of carbonyl (C=O) groups is 5. The van der Waals surface area contributed by atoms with Crippen molar-refractivity contribution in [3.8, 4) is 0 Å². The van der Waals surface area contributed by atoms with Gasteiger partial charge in [0.05, 0.1) is 29.5 Å². The van der Waals surface area contributed by atoms with E-state index in [4.69, 9.17) is 9.84 Å². The molecule has 2 aliphatic heterocycles. The van der Waals surface area contributed by atoms with E-state index < -0.39 is 17.7 Å². The number of H-pyrrole nitrogens is 2. The SMILES string of the molecule is CN(C)Cc1[nH]c2cc(NC(=O)OC(C)(C)C)cc3c2c1C=NNC3=O.CN(C)Cc1[nH]c2cc(NC(=O)[C@@H]3C[C@H]3c3ccccc3)cc3c2c1C=NNC3=O.O=C(O)[C@@H]1C[C@H]1c1ccccc1. The minimum absolute atomic E-state index is 0.0130. The van der Waals surface area contributed by atoms with Gasteiger partial charge in [-0.25, -0.2) is 15.6 Å². The summed E-state index contributed by atoms with van der Waals surface area (Å²) < 4.78 is 5.28. The molecule has 10 rings (SSSR count). The third-order valence-corrected chi connectivity index (χ3v) is 11.8. The summed E-state index contributed by atoms with van der Waals surface area (Å²) in [4.78, 5) is 71.2. The molecular weight excluding hydrogens is 865 g/mol. The van der Waals surface area contributed by atoms with Crippen molar-refractivity contribution in [1.29, 1.82) is 0 Å². The lowest BCUT2D eigenvalue weighted by Crippen LogP contribution is -2.27. The molecule has 4 atom stereocenters. The van der Waals surface area contributed by atoms with Gasteiger partial charge in [-0.05, 0) is 109 Å². The lowest BCUT2D eigenvalue weighted by Gasteiger charge is -2.19. The van der Waals surface area contributed by atoms with Crippen LogP contribution >= 0.6 is 0 Å². The molecule has 352 valence electrons. The standard InChI is InChI=1S/C23H23N5O2.C18H23N5O3.C10H10O2/c1-28(2)12-20-18-11-24-27-23(30)17-8-14(9-19(26-20)21(17)18)25-22(29)16-10-15(16)13-6-4-3-5-7-13;1-18(2,3)26-17(25)20-10-6-11-15-12(8-19-22-16(11)24)14(9-23(4)5)21-13(15)7-10;11-10(12)9-6-8(9)7-4-2-1-3-5-7/h3-9,11,15-16,26H,10,12H2,1-2H3,(H,25,29)(H,27,30);6-8,21H,9H2,1-5H3,(H,20,25)(H,22,24);1-5,8-9H,6H2,(H,11,12)/t15-,16+;;8-,9+/m0.0/s1. The number of nitrogens with zero attached hydrogens (tertiary/aromatic N) is 4. The quantitative estimate of drug-likeness (QED) is 0.0718. The lowest BCUT2D eigenvalue weighted by atomic mass is 10.0. The predicted molar refractivity (Wildman–Crippen MR) is 262 cm³/mol. The lowest BCUT2D eigenvalue weighted by molar-refractivity contribution is -0.138. The fourth-order valence-electron chi connectivity index (χ4n) is 8.67. The zero-order valence-corrected chi connectivity index (χ0v) is 39.1. The molecule has 2 saturated carbocycles. The highest BCUT2D eigenvalue weighted by Crippen LogP contribution is 2.48. The minimum atomic E-state index is -0.663. The first-order valence-corrected chi connectivity index (χ1v) is 22.4. The maximum absolute atomic E-state index is 12.8. The number of carboxylic acids is 1. The van der Waals surface area contributed by atoms with Gasteiger partial charge < -0.3 is 34.9 Å². The normalized spacial score (nSPS) is 18.6. The van der Waals surface area contributed by atoms with E-state index in [1.807, 2.05) is 92.6 Å². The van der Waals surface area contributed by atoms with E-state index in [-0.39, 0.29) is 41.4 Å². The Bertz CT molecular complexity index is 2970. The second kappa shape index (κ2) is 19.3. The first kappa shape index (κ1) is 46.9. The summed E-state index contributed by atoms with van der Waals surface area (Å²) in [6.07, 6.45) is 4.40. The zero-order valence-electron chi connectivity index (χ0n) is 39.1. The number of rotatable bonds is 10. The number of carbonyl (C=O) groups excluding carboxylic acids is 4. The van der Waals surface area contributed by atoms with Crippen molar-refractivity contribution in [3.63, 3.8) is 0 Å². The van der Waals surface area contributed by atoms with Crippen molar-refractivity contribution < 1.29 is 33.8 Å². The molecule has 0 radical (unpaired) electrons. The molecule has 17 nitrogen and oxygen atoms in total. The fraction of sp³-hybridized carbons (Fsp3) is 0.314. The Morgan fingerprint density at radius 3 is 1.54 bits per heavy atom. The van der Waals surface area contributed by atoms with Crippen LogP contribution in [0.1, 0.15) is 99.8 Å². The van der Waals surface area contributed by atoms with Crippen molar-refractivity contribution in [2.45, 2.75) is 64.1 Å². The van der Waals surface area contributed by atoms with E-state index in [1.165, 1.54) is 5.56 Å². The second-order valence-corrected chi connectivity index (χ2v) is 19.0. The van der Waals surface area contributed by atoms with E-state index in [2.05, 4.69) is 53.8 Å². The Morgan fingerprint density at radius 2 is 1.12 bits per heavy atom. The van der Waals surface area contributed by atoms with Gasteiger partial charge in [0.15, 0.2) is 0 Å². The van der Waals surface area contributed by atoms with Crippen molar-refractivity contribution >= 4 is 75.4 Å². The number of aromatic nitrogens is 2. The van der Waals surface area contributed by atoms with Crippen LogP contribution in [0, 0.1) is 11.8 Å². The first-order valence-electron chi connectivity index (χ1n) is 22.4. The van der Waals surface area contributed by atoms with Crippen molar-refractivity contribution in [2.24, 2.45) is 22.0 Å². The summed E-state index contributed by atoms with van der Waals surface area (Å²) in [5.74, 6) is -0.927. The average Bonchev–Trinajstić information content (AvgIpc) is 4.20. The summed E-state index contributed by atoms with van der Waals surface area (Å²) in [5, 5.41) is 24.1. The number of amides is 4. The molecule has 2 aromatic heterocycles. The Hall–Kier alpha value is -7.63. The summed E-state index contributed by atoms with van der Waals surface area (Å²) in [7, 11) is 7.90. The molecule has 0 saturated heterocycles. The Labute approximate surface area is 393 Å². The van der Waals surface area contributed by atoms with E-state index in [0.29, 0.717) is 35.6 Å². The number of nitrogens with one attached hydrogen (secondary N) is 6. The molecule has 7 N–H and O–H groups in total. The molecule has 0 spiro atoms. The van der Waals surface area contributed by atoms with E-state index in [9.17, 15) is 24.0 Å². The van der Waals surface area contributed by atoms with Crippen LogP contribution in [0.5, 0.6) is 0 Å². The molecule has 68 heavy (non-hydrogen) atoms. The van der Waals surface area contributed by atoms with Crippen LogP contribution in [0.4, 0.5) is 16.2 Å². The maximum atomic E-state index is 12.8. The van der Waals surface area contributed by atoms with Gasteiger partial charge in [0.25, 0.3) is 11.8 Å². The number of hydrogen-bond acceptors (Lipinski definition) is 10. The molecule has 4 amide bonds. The van der Waals surface area contributed by atoms with Crippen LogP contribution in [-0.4, -0.2) is 101 Å². The minimum Gasteiger partial charge on any atom is -0.481 e. The van der Waals surface area contributed by atoms with Crippen molar-refractivity contribution in [2.75, 3.05) is 38.8 Å². The maximum Gasteiger partial charge on any atom is 0.412 e. The molecule has 0 bridgehead atoms. The molecule has 6 aromatic rings. The summed E-state index contributed by atoms with van der Waals surface area (Å²) in [6.45, 7) is 6.72. The number of hydrazone groups is 2. The number of anilines is 2. The number of aliphatic carboxylic acids is 1. The zero-order chi connectivity index (χ0) is 48.4. The molecule has 4 heterocycles. The molecule has 2 fully saturated rings. The Morgan fingerprint density at radius 1 is 0.676 bits per heavy atom. The summed E-state index contributed by atoms with van der Waals surface area (Å²) in [6, 6.07) is 27.0. The molecule has 4 aliphatic rings. The van der Waals surface area contributed by atoms with Crippen molar-refractivity contribution in [3.05, 3.63) is 130 Å². The third kappa shape index (κ3) is 10.8. The molecular formula is C51H56N10O7. The Kier molecular flexibility index (Phi) is 13.3. The number of aromatic amines is 2. The van der Waals surface area contributed by atoms with E-state index in [0.717, 1.165) is 62.7 Å². The topological polar surface area (TPSA) is 226 Å². The van der Waals surface area contributed by atoms with Gasteiger partial charge in [-0.3, -0.25) is 24.5 Å². The molecule has 2 aliphatic carbocycles. The van der Waals surface area contributed by atoms with Crippen LogP contribution in [-0.2, 0) is 27.4 Å². The van der Waals surface area contributed by atoms with Gasteiger partial charge in [-0.15, -0.1) is 0 Å². The third-order valence-electron chi connectivity index (χ3n) is 11.8. The highest BCUT2D eigenvalue weighted by atomic mass is 16.6. The Balaban J connectivity index is 0.000000149. The van der Waals surface area contributed by atoms with Gasteiger partial charge in [0.1, 0.15) is 5.60 Å². The first-order chi connectivity index (χ1) is 32.4. The summed E-state index contributed by atoms with van der Waals surface area (Å²) in [5.41, 5.74) is 14.1. The molecule has 17 heteroatoms. The van der Waals surface area contributed by atoms with Crippen LogP contribution in [0.3, 0.4) is 0 Å². The van der Waals surface area contributed by atoms with Crippen LogP contribution in [0.15, 0.2) is 95.1 Å². The highest BCUT2D eigenvalue weighted by molar-refractivity contribution is 6.17. The highest BCUT2D eigenvalue weighted by Gasteiger charge is 2.44. The van der Waals surface area contributed by atoms with Crippen LogP contribution in [0.2, 0.25) is 0 Å². The van der Waals surface area contributed by atoms with Crippen LogP contribution in [0.25, 0.3) is 21.8 Å². The van der Waals surface area contributed by atoms with Crippen molar-refractivity contribution in [1.82, 2.24) is 30.6 Å². The monoisotopic (exact) mass is 920 g/mol. The molecule has 4 aromatic carbocycles. The number of carboxylic acid groups (broad SMARTS) is 1. The van der Waals surface area contributed by atoms with Gasteiger partial charge >= 0.3 is 12.1 Å². The van der Waals surface area contributed by atoms with Gasteiger partial charge in [0, 0.05) is 74.7 Å². The van der Waals surface area contributed by atoms with Gasteiger partial charge in [-0.1, -0.05) is 60.7 Å². The van der Waals surface area contributed by atoms with Gasteiger partial charge in [0.2, 0.25) is 5.91 Å². The largest absolute Gasteiger partial charge is 0.481 e. The number of hydrogen-bond donors (Lipinski definition) is 7.